The number of ether oxygens (including phenoxy) is 1. The number of aromatic nitrogens is 1. The number of halogens is 1. The Morgan fingerprint density at radius 1 is 1.54 bits per heavy atom. The van der Waals surface area contributed by atoms with Crippen LogP contribution in [-0.4, -0.2) is 24.8 Å². The summed E-state index contributed by atoms with van der Waals surface area (Å²) in [5.41, 5.74) is 0.763. The van der Waals surface area contributed by atoms with E-state index >= 15 is 0 Å². The van der Waals surface area contributed by atoms with Crippen LogP contribution in [0.3, 0.4) is 0 Å². The van der Waals surface area contributed by atoms with Gasteiger partial charge in [-0.05, 0) is 12.1 Å². The summed E-state index contributed by atoms with van der Waals surface area (Å²) in [6.07, 6.45) is 0.370. The van der Waals surface area contributed by atoms with Crippen LogP contribution in [0.5, 0.6) is 5.75 Å². The van der Waals surface area contributed by atoms with Gasteiger partial charge in [-0.1, -0.05) is 0 Å². The maximum Gasteiger partial charge on any atom is 0.169 e. The van der Waals surface area contributed by atoms with E-state index in [1.807, 2.05) is 6.07 Å². The highest BCUT2D eigenvalue weighted by Gasteiger charge is 2.10. The zero-order chi connectivity index (χ0) is 9.10. The summed E-state index contributed by atoms with van der Waals surface area (Å²) in [5, 5.41) is 3.10. The van der Waals surface area contributed by atoms with Gasteiger partial charge in [0.25, 0.3) is 0 Å². The van der Waals surface area contributed by atoms with Crippen molar-refractivity contribution in [3.63, 3.8) is 0 Å². The lowest BCUT2D eigenvalue weighted by atomic mass is 10.2. The first-order valence-corrected chi connectivity index (χ1v) is 4.33. The number of nitrogens with one attached hydrogen (secondary N) is 1. The lowest BCUT2D eigenvalue weighted by Crippen LogP contribution is -2.19. The van der Waals surface area contributed by atoms with E-state index in [1.165, 1.54) is 0 Å². The third-order valence-corrected chi connectivity index (χ3v) is 1.92. The molecule has 1 aromatic heterocycles. The van der Waals surface area contributed by atoms with Crippen molar-refractivity contribution in [2.45, 2.75) is 6.42 Å². The number of fused-ring (bicyclic) bond motifs is 1. The second-order valence-electron chi connectivity index (χ2n) is 2.86. The van der Waals surface area contributed by atoms with E-state index in [1.54, 1.807) is 6.07 Å². The number of pyridine rings is 1. The molecular formula is C9H11FN2O. The molecule has 0 saturated carbocycles. The van der Waals surface area contributed by atoms with Crippen molar-refractivity contribution in [3.05, 3.63) is 17.8 Å². The molecular weight excluding hydrogens is 171 g/mol. The predicted molar refractivity (Wildman–Crippen MR) is 47.9 cm³/mol. The maximum atomic E-state index is 12.0. The minimum absolute atomic E-state index is 0.368. The van der Waals surface area contributed by atoms with Crippen LogP contribution in [0.4, 0.5) is 10.2 Å². The van der Waals surface area contributed by atoms with E-state index in [2.05, 4.69) is 10.3 Å². The third kappa shape index (κ3) is 1.71. The lowest BCUT2D eigenvalue weighted by Gasteiger charge is -2.18. The number of nitrogens with zero attached hydrogens (tertiary/aromatic N) is 1. The Kier molecular flexibility index (Phi) is 2.29. The van der Waals surface area contributed by atoms with Crippen LogP contribution in [0.25, 0.3) is 0 Å². The number of alkyl halides is 1. The fraction of sp³-hybridized carbons (Fsp3) is 0.444. The molecule has 0 amide bonds. The van der Waals surface area contributed by atoms with Crippen LogP contribution < -0.4 is 10.1 Å². The zero-order valence-corrected chi connectivity index (χ0v) is 7.22. The van der Waals surface area contributed by atoms with Crippen molar-refractivity contribution >= 4 is 5.82 Å². The summed E-state index contributed by atoms with van der Waals surface area (Å²) >= 11 is 0. The highest BCUT2D eigenvalue weighted by atomic mass is 19.1. The zero-order valence-electron chi connectivity index (χ0n) is 7.22. The SMILES string of the molecule is FCCc1ccc2c(n1)NCCO2. The molecule has 1 N–H and O–H groups in total. The predicted octanol–water partition coefficient (Wildman–Crippen LogP) is 1.40. The largest absolute Gasteiger partial charge is 0.488 e. The fourth-order valence-corrected chi connectivity index (χ4v) is 1.30. The van der Waals surface area contributed by atoms with Gasteiger partial charge in [-0.3, -0.25) is 4.39 Å². The van der Waals surface area contributed by atoms with Crippen LogP contribution in [0, 0.1) is 0 Å². The van der Waals surface area contributed by atoms with Gasteiger partial charge in [0, 0.05) is 12.1 Å². The lowest BCUT2D eigenvalue weighted by molar-refractivity contribution is 0.321. The van der Waals surface area contributed by atoms with Gasteiger partial charge in [0.05, 0.1) is 13.2 Å². The van der Waals surface area contributed by atoms with Gasteiger partial charge < -0.3 is 10.1 Å². The highest BCUT2D eigenvalue weighted by Crippen LogP contribution is 2.24. The van der Waals surface area contributed by atoms with Crippen molar-refractivity contribution in [1.82, 2.24) is 4.98 Å². The van der Waals surface area contributed by atoms with Gasteiger partial charge >= 0.3 is 0 Å². The van der Waals surface area contributed by atoms with Gasteiger partial charge in [0.15, 0.2) is 11.6 Å². The van der Waals surface area contributed by atoms with Gasteiger partial charge in [-0.15, -0.1) is 0 Å². The molecule has 0 saturated heterocycles. The van der Waals surface area contributed by atoms with Crippen LogP contribution in [0.15, 0.2) is 12.1 Å². The Hall–Kier alpha value is -1.32. The Morgan fingerprint density at radius 2 is 2.46 bits per heavy atom. The number of anilines is 1. The molecule has 13 heavy (non-hydrogen) atoms. The standard InChI is InChI=1S/C9H11FN2O/c10-4-3-7-1-2-8-9(12-7)11-5-6-13-8/h1-2H,3-6H2,(H,11,12). The number of rotatable bonds is 2. The second kappa shape index (κ2) is 3.60. The van der Waals surface area contributed by atoms with Crippen LogP contribution in [0.2, 0.25) is 0 Å². The van der Waals surface area contributed by atoms with Crippen molar-refractivity contribution in [3.8, 4) is 5.75 Å². The molecule has 0 aliphatic carbocycles. The second-order valence-corrected chi connectivity index (χ2v) is 2.86. The molecule has 1 aliphatic heterocycles. The Labute approximate surface area is 75.9 Å². The third-order valence-electron chi connectivity index (χ3n) is 1.92. The van der Waals surface area contributed by atoms with Crippen LogP contribution in [0.1, 0.15) is 5.69 Å². The summed E-state index contributed by atoms with van der Waals surface area (Å²) in [6.45, 7) is 1.06. The molecule has 0 spiro atoms. The first kappa shape index (κ1) is 8.29. The molecule has 0 aromatic carbocycles. The van der Waals surface area contributed by atoms with Crippen LogP contribution >= 0.6 is 0 Å². The van der Waals surface area contributed by atoms with Crippen molar-refractivity contribution in [1.29, 1.82) is 0 Å². The van der Waals surface area contributed by atoms with Crippen molar-refractivity contribution in [2.24, 2.45) is 0 Å². The Morgan fingerprint density at radius 3 is 3.31 bits per heavy atom. The minimum atomic E-state index is -0.368. The van der Waals surface area contributed by atoms with E-state index in [0.29, 0.717) is 13.0 Å². The number of aryl methyl sites for hydroxylation is 1. The van der Waals surface area contributed by atoms with E-state index in [9.17, 15) is 4.39 Å². The monoisotopic (exact) mass is 182 g/mol. The van der Waals surface area contributed by atoms with E-state index in [0.717, 1.165) is 23.8 Å². The molecule has 2 heterocycles. The molecule has 1 aromatic rings. The quantitative estimate of drug-likeness (QED) is 0.750. The average molecular weight is 182 g/mol. The first-order valence-electron chi connectivity index (χ1n) is 4.33. The number of hydrogen-bond acceptors (Lipinski definition) is 3. The molecule has 0 unspecified atom stereocenters. The topological polar surface area (TPSA) is 34.2 Å². The van der Waals surface area contributed by atoms with Gasteiger partial charge in [0.1, 0.15) is 6.61 Å². The van der Waals surface area contributed by atoms with Gasteiger partial charge in [-0.2, -0.15) is 0 Å². The fourth-order valence-electron chi connectivity index (χ4n) is 1.30. The van der Waals surface area contributed by atoms with Gasteiger partial charge in [0.2, 0.25) is 0 Å². The van der Waals surface area contributed by atoms with E-state index in [-0.39, 0.29) is 6.67 Å². The number of hydrogen-bond donors (Lipinski definition) is 1. The molecule has 0 fully saturated rings. The Bertz CT molecular complexity index is 304. The van der Waals surface area contributed by atoms with E-state index < -0.39 is 0 Å². The Balaban J connectivity index is 2.24. The highest BCUT2D eigenvalue weighted by molar-refractivity contribution is 5.52. The summed E-state index contributed by atoms with van der Waals surface area (Å²) in [7, 11) is 0. The summed E-state index contributed by atoms with van der Waals surface area (Å²) in [6, 6.07) is 3.63. The molecule has 1 aliphatic rings. The molecule has 3 nitrogen and oxygen atoms in total. The average Bonchev–Trinajstić information content (AvgIpc) is 2.18. The molecule has 2 rings (SSSR count). The van der Waals surface area contributed by atoms with Crippen LogP contribution in [-0.2, 0) is 6.42 Å². The summed E-state index contributed by atoms with van der Waals surface area (Å²) in [5.74, 6) is 1.49. The molecule has 0 bridgehead atoms. The molecule has 0 radical (unpaired) electrons. The summed E-state index contributed by atoms with van der Waals surface area (Å²) in [4.78, 5) is 4.23. The van der Waals surface area contributed by atoms with Crippen molar-refractivity contribution < 1.29 is 9.13 Å². The van der Waals surface area contributed by atoms with Crippen molar-refractivity contribution in [2.75, 3.05) is 25.1 Å². The molecule has 4 heteroatoms. The maximum absolute atomic E-state index is 12.0. The summed E-state index contributed by atoms with van der Waals surface area (Å²) < 4.78 is 17.4. The first-order chi connectivity index (χ1) is 6.40. The molecule has 0 atom stereocenters. The minimum Gasteiger partial charge on any atom is -0.488 e. The normalized spacial score (nSPS) is 14.2. The van der Waals surface area contributed by atoms with E-state index in [4.69, 9.17) is 4.74 Å². The van der Waals surface area contributed by atoms with Gasteiger partial charge in [-0.25, -0.2) is 4.98 Å². The molecule has 70 valence electrons. The smallest absolute Gasteiger partial charge is 0.169 e.